The Balaban J connectivity index is 1.86. The van der Waals surface area contributed by atoms with Crippen molar-refractivity contribution in [1.82, 2.24) is 19.9 Å². The van der Waals surface area contributed by atoms with Gasteiger partial charge in [-0.3, -0.25) is 0 Å². The van der Waals surface area contributed by atoms with Crippen LogP contribution < -0.4 is 0 Å². The van der Waals surface area contributed by atoms with Crippen molar-refractivity contribution < 1.29 is 29.6 Å². The molecule has 124 valence electrons. The van der Waals surface area contributed by atoms with Crippen LogP contribution >= 0.6 is 11.8 Å². The van der Waals surface area contributed by atoms with Crippen molar-refractivity contribution in [2.45, 2.75) is 34.9 Å². The summed E-state index contributed by atoms with van der Waals surface area (Å²) in [5.41, 5.74) is -0.0830. The molecule has 2 aromatic rings. The lowest BCUT2D eigenvalue weighted by Crippen LogP contribution is -2.59. The third kappa shape index (κ3) is 2.88. The number of H-pyrrole nitrogens is 1. The normalized spacial score (nSPS) is 31.2. The number of thioether (sulfide) groups is 1. The molecule has 23 heavy (non-hydrogen) atoms. The molecule has 4 N–H and O–H groups in total. The lowest BCUT2D eigenvalue weighted by atomic mass is 10.00. The number of fused-ring (bicyclic) bond motifs is 1. The summed E-state index contributed by atoms with van der Waals surface area (Å²) in [5.74, 6) is -0.844. The van der Waals surface area contributed by atoms with Gasteiger partial charge < -0.3 is 29.8 Å². The van der Waals surface area contributed by atoms with Crippen LogP contribution in [-0.4, -0.2) is 78.2 Å². The molecule has 1 aliphatic heterocycles. The van der Waals surface area contributed by atoms with Gasteiger partial charge in [0.25, 0.3) is 0 Å². The topological polar surface area (TPSA) is 151 Å². The molecule has 0 spiro atoms. The fraction of sp³-hybridized carbons (Fsp3) is 0.500. The Bertz CT molecular complexity index is 712. The van der Waals surface area contributed by atoms with Gasteiger partial charge >= 0.3 is 5.97 Å². The predicted molar refractivity (Wildman–Crippen MR) is 76.2 cm³/mol. The Labute approximate surface area is 133 Å². The van der Waals surface area contributed by atoms with E-state index in [1.807, 2.05) is 0 Å². The number of carbonyl (C=O) groups excluding carboxylic acids is 1. The largest absolute Gasteiger partial charge is 0.467 e. The zero-order valence-corrected chi connectivity index (χ0v) is 12.7. The molecule has 0 amide bonds. The number of nitrogens with zero attached hydrogens (tertiary/aromatic N) is 3. The van der Waals surface area contributed by atoms with Gasteiger partial charge in [-0.05, 0) is 0 Å². The van der Waals surface area contributed by atoms with Crippen LogP contribution in [0.25, 0.3) is 11.2 Å². The number of aliphatic hydroxyl groups is 3. The van der Waals surface area contributed by atoms with E-state index in [4.69, 9.17) is 4.74 Å². The molecule has 0 saturated carbocycles. The molecule has 0 radical (unpaired) electrons. The summed E-state index contributed by atoms with van der Waals surface area (Å²) in [4.78, 5) is 26.5. The van der Waals surface area contributed by atoms with Gasteiger partial charge in [0.1, 0.15) is 40.6 Å². The van der Waals surface area contributed by atoms with E-state index in [2.05, 4.69) is 24.7 Å². The van der Waals surface area contributed by atoms with E-state index >= 15 is 0 Å². The third-order valence-electron chi connectivity index (χ3n) is 3.42. The maximum absolute atomic E-state index is 11.6. The number of imidazole rings is 1. The number of ether oxygens (including phenoxy) is 2. The molecule has 0 bridgehead atoms. The number of aromatic nitrogens is 4. The lowest BCUT2D eigenvalue weighted by molar-refractivity contribution is -0.211. The first-order valence-corrected chi connectivity index (χ1v) is 7.49. The van der Waals surface area contributed by atoms with Crippen molar-refractivity contribution in [1.29, 1.82) is 0 Å². The van der Waals surface area contributed by atoms with Crippen LogP contribution in [0, 0.1) is 0 Å². The molecular weight excluding hydrogens is 328 g/mol. The van der Waals surface area contributed by atoms with Crippen LogP contribution in [0.15, 0.2) is 17.7 Å². The number of hydrogen-bond donors (Lipinski definition) is 4. The van der Waals surface area contributed by atoms with E-state index in [1.54, 1.807) is 0 Å². The lowest BCUT2D eigenvalue weighted by Gasteiger charge is -2.38. The number of methoxy groups -OCH3 is 1. The number of rotatable bonds is 3. The van der Waals surface area contributed by atoms with Crippen LogP contribution in [0.4, 0.5) is 0 Å². The highest BCUT2D eigenvalue weighted by atomic mass is 32.2. The molecule has 10 nitrogen and oxygen atoms in total. The summed E-state index contributed by atoms with van der Waals surface area (Å²) < 4.78 is 9.93. The van der Waals surface area contributed by atoms with Crippen molar-refractivity contribution in [3.05, 3.63) is 12.7 Å². The molecule has 0 unspecified atom stereocenters. The molecule has 2 aromatic heterocycles. The maximum atomic E-state index is 11.6. The first-order valence-electron chi connectivity index (χ1n) is 6.61. The van der Waals surface area contributed by atoms with E-state index in [9.17, 15) is 20.1 Å². The molecule has 3 rings (SSSR count). The van der Waals surface area contributed by atoms with Gasteiger partial charge in [0.15, 0.2) is 11.8 Å². The van der Waals surface area contributed by atoms with E-state index in [-0.39, 0.29) is 0 Å². The van der Waals surface area contributed by atoms with Gasteiger partial charge in [-0.1, -0.05) is 11.8 Å². The minimum atomic E-state index is -1.59. The minimum absolute atomic E-state index is 0.420. The summed E-state index contributed by atoms with van der Waals surface area (Å²) in [6.45, 7) is 0. The molecule has 0 aliphatic carbocycles. The Morgan fingerprint density at radius 1 is 1.26 bits per heavy atom. The molecule has 1 fully saturated rings. The number of aliphatic hydroxyl groups excluding tert-OH is 3. The Morgan fingerprint density at radius 2 is 2.04 bits per heavy atom. The number of carbonyl (C=O) groups is 1. The second-order valence-corrected chi connectivity index (χ2v) is 5.90. The van der Waals surface area contributed by atoms with Gasteiger partial charge in [-0.25, -0.2) is 19.7 Å². The second kappa shape index (κ2) is 6.37. The summed E-state index contributed by atoms with van der Waals surface area (Å²) in [7, 11) is 1.14. The highest BCUT2D eigenvalue weighted by molar-refractivity contribution is 8.00. The molecule has 11 heteroatoms. The van der Waals surface area contributed by atoms with Crippen LogP contribution in [0.5, 0.6) is 0 Å². The molecule has 3 heterocycles. The zero-order valence-electron chi connectivity index (χ0n) is 11.9. The highest BCUT2D eigenvalue weighted by Gasteiger charge is 2.47. The SMILES string of the molecule is COC(=O)[C@H]1O[C@@H](Sc2ncnc3nc[nH]c23)[C@H](O)[C@@H](O)[C@@H]1O. The fourth-order valence-electron chi connectivity index (χ4n) is 2.20. The molecule has 5 atom stereocenters. The van der Waals surface area contributed by atoms with E-state index < -0.39 is 35.8 Å². The van der Waals surface area contributed by atoms with Crippen molar-refractivity contribution >= 4 is 28.9 Å². The molecule has 1 aliphatic rings. The number of nitrogens with one attached hydrogen (secondary N) is 1. The maximum Gasteiger partial charge on any atom is 0.337 e. The standard InChI is InChI=1S/C12H14N4O6S/c1-21-11(20)8-6(18)5(17)7(19)12(22-8)23-10-4-9(14-2-13-4)15-3-16-10/h2-3,5-8,12,17-19H,1H3,(H,13,14,15,16)/t5-,6-,7+,8-,12-/m0/s1. The van der Waals surface area contributed by atoms with Gasteiger partial charge in [0.2, 0.25) is 0 Å². The van der Waals surface area contributed by atoms with Gasteiger partial charge in [-0.15, -0.1) is 0 Å². The van der Waals surface area contributed by atoms with Gasteiger partial charge in [0, 0.05) is 0 Å². The zero-order chi connectivity index (χ0) is 16.6. The van der Waals surface area contributed by atoms with Crippen LogP contribution in [-0.2, 0) is 14.3 Å². The number of hydrogen-bond acceptors (Lipinski definition) is 10. The van der Waals surface area contributed by atoms with Crippen LogP contribution in [0.2, 0.25) is 0 Å². The van der Waals surface area contributed by atoms with Crippen LogP contribution in [0.1, 0.15) is 0 Å². The predicted octanol–water partition coefficient (Wildman–Crippen LogP) is -1.57. The Kier molecular flexibility index (Phi) is 4.46. The Hall–Kier alpha value is -1.79. The highest BCUT2D eigenvalue weighted by Crippen LogP contribution is 2.34. The van der Waals surface area contributed by atoms with Crippen molar-refractivity contribution in [2.24, 2.45) is 0 Å². The minimum Gasteiger partial charge on any atom is -0.467 e. The summed E-state index contributed by atoms with van der Waals surface area (Å²) in [6.07, 6.45) is -3.25. The van der Waals surface area contributed by atoms with Crippen molar-refractivity contribution in [3.8, 4) is 0 Å². The average Bonchev–Trinajstić information content (AvgIpc) is 3.04. The monoisotopic (exact) mass is 342 g/mol. The van der Waals surface area contributed by atoms with E-state index in [1.165, 1.54) is 12.7 Å². The quantitative estimate of drug-likeness (QED) is 0.380. The summed E-state index contributed by atoms with van der Waals surface area (Å²) in [5, 5.41) is 30.3. The summed E-state index contributed by atoms with van der Waals surface area (Å²) in [6, 6.07) is 0. The number of aromatic amines is 1. The third-order valence-corrected chi connectivity index (χ3v) is 4.57. The van der Waals surface area contributed by atoms with Crippen molar-refractivity contribution in [3.63, 3.8) is 0 Å². The summed E-state index contributed by atoms with van der Waals surface area (Å²) >= 11 is 0.971. The smallest absolute Gasteiger partial charge is 0.337 e. The first kappa shape index (κ1) is 16.1. The second-order valence-electron chi connectivity index (χ2n) is 4.82. The molecular formula is C12H14N4O6S. The van der Waals surface area contributed by atoms with E-state index in [0.717, 1.165) is 18.9 Å². The van der Waals surface area contributed by atoms with Crippen LogP contribution in [0.3, 0.4) is 0 Å². The molecule has 0 aromatic carbocycles. The van der Waals surface area contributed by atoms with Crippen molar-refractivity contribution in [2.75, 3.05) is 7.11 Å². The number of esters is 1. The molecule has 1 saturated heterocycles. The fourth-order valence-corrected chi connectivity index (χ4v) is 3.27. The average molecular weight is 342 g/mol. The van der Waals surface area contributed by atoms with Gasteiger partial charge in [-0.2, -0.15) is 0 Å². The van der Waals surface area contributed by atoms with E-state index in [0.29, 0.717) is 16.2 Å². The Morgan fingerprint density at radius 3 is 2.78 bits per heavy atom. The van der Waals surface area contributed by atoms with Gasteiger partial charge in [0.05, 0.1) is 13.4 Å². The first-order chi connectivity index (χ1) is 11.0.